The molecular formula is C17H25NO3. The van der Waals surface area contributed by atoms with Crippen LogP contribution in [0, 0.1) is 11.3 Å². The Kier molecular flexibility index (Phi) is 5.94. The molecule has 0 aromatic heterocycles. The number of rotatable bonds is 6. The molecule has 0 fully saturated rings. The van der Waals surface area contributed by atoms with Crippen LogP contribution < -0.4 is 5.32 Å². The van der Waals surface area contributed by atoms with Crippen molar-refractivity contribution in [2.24, 2.45) is 11.3 Å². The van der Waals surface area contributed by atoms with Crippen LogP contribution in [-0.4, -0.2) is 23.5 Å². The van der Waals surface area contributed by atoms with Gasteiger partial charge < -0.3 is 10.4 Å². The van der Waals surface area contributed by atoms with Gasteiger partial charge in [0.15, 0.2) is 0 Å². The normalized spacial score (nSPS) is 14.3. The Morgan fingerprint density at radius 1 is 1.19 bits per heavy atom. The Morgan fingerprint density at radius 2 is 1.76 bits per heavy atom. The Labute approximate surface area is 126 Å². The largest absolute Gasteiger partial charge is 0.481 e. The molecule has 0 saturated heterocycles. The Balaban J connectivity index is 2.59. The third kappa shape index (κ3) is 5.58. The molecule has 1 amide bonds. The molecule has 0 radical (unpaired) electrons. The van der Waals surface area contributed by atoms with Gasteiger partial charge in [-0.1, -0.05) is 58.0 Å². The zero-order valence-corrected chi connectivity index (χ0v) is 13.2. The monoisotopic (exact) mass is 291 g/mol. The van der Waals surface area contributed by atoms with Crippen LogP contribution in [0.4, 0.5) is 0 Å². The third-order valence-electron chi connectivity index (χ3n) is 3.97. The molecule has 4 heteroatoms. The van der Waals surface area contributed by atoms with Crippen LogP contribution in [0.1, 0.15) is 45.6 Å². The van der Waals surface area contributed by atoms with Crippen LogP contribution in [0.5, 0.6) is 0 Å². The lowest BCUT2D eigenvalue weighted by Crippen LogP contribution is -2.34. The predicted molar refractivity (Wildman–Crippen MR) is 83.1 cm³/mol. The van der Waals surface area contributed by atoms with Gasteiger partial charge in [0.1, 0.15) is 0 Å². The molecule has 1 aromatic rings. The van der Waals surface area contributed by atoms with E-state index in [1.54, 1.807) is 24.3 Å². The lowest BCUT2D eigenvalue weighted by Gasteiger charge is -2.26. The van der Waals surface area contributed by atoms with Gasteiger partial charge in [-0.2, -0.15) is 0 Å². The molecule has 1 aromatic carbocycles. The maximum atomic E-state index is 12.0. The topological polar surface area (TPSA) is 66.4 Å². The summed E-state index contributed by atoms with van der Waals surface area (Å²) >= 11 is 0. The molecule has 2 N–H and O–H groups in total. The molecule has 4 nitrogen and oxygen atoms in total. The number of nitrogens with one attached hydrogen (secondary N) is 1. The van der Waals surface area contributed by atoms with Crippen LogP contribution in [-0.2, 0) is 9.59 Å². The lowest BCUT2D eigenvalue weighted by atomic mass is 9.80. The molecule has 21 heavy (non-hydrogen) atoms. The fraction of sp³-hybridized carbons (Fsp3) is 0.529. The van der Waals surface area contributed by atoms with Gasteiger partial charge >= 0.3 is 5.97 Å². The zero-order valence-electron chi connectivity index (χ0n) is 13.2. The Morgan fingerprint density at radius 3 is 2.24 bits per heavy atom. The van der Waals surface area contributed by atoms with E-state index in [1.807, 2.05) is 13.0 Å². The van der Waals surface area contributed by atoms with Gasteiger partial charge in [0.2, 0.25) is 5.91 Å². The SMILES string of the molecule is CC(CC(=O)NCC(C(=O)O)c1ccccc1)C(C)(C)C. The fourth-order valence-electron chi connectivity index (χ4n) is 1.91. The summed E-state index contributed by atoms with van der Waals surface area (Å²) < 4.78 is 0. The summed E-state index contributed by atoms with van der Waals surface area (Å²) in [6, 6.07) is 8.97. The number of carboxylic acids is 1. The summed E-state index contributed by atoms with van der Waals surface area (Å²) in [4.78, 5) is 23.3. The number of carbonyl (C=O) groups excluding carboxylic acids is 1. The fourth-order valence-corrected chi connectivity index (χ4v) is 1.91. The van der Waals surface area contributed by atoms with Crippen molar-refractivity contribution in [2.75, 3.05) is 6.54 Å². The van der Waals surface area contributed by atoms with Crippen LogP contribution in [0.2, 0.25) is 0 Å². The van der Waals surface area contributed by atoms with Crippen LogP contribution in [0.3, 0.4) is 0 Å². The highest BCUT2D eigenvalue weighted by Gasteiger charge is 2.24. The molecule has 0 bridgehead atoms. The van der Waals surface area contributed by atoms with E-state index in [4.69, 9.17) is 0 Å². The molecule has 116 valence electrons. The number of amides is 1. The first-order valence-corrected chi connectivity index (χ1v) is 7.26. The molecular weight excluding hydrogens is 266 g/mol. The Hall–Kier alpha value is -1.84. The van der Waals surface area contributed by atoms with Crippen LogP contribution in [0.25, 0.3) is 0 Å². The molecule has 0 saturated carbocycles. The van der Waals surface area contributed by atoms with Crippen molar-refractivity contribution >= 4 is 11.9 Å². The van der Waals surface area contributed by atoms with Crippen LogP contribution in [0.15, 0.2) is 30.3 Å². The van der Waals surface area contributed by atoms with Gasteiger partial charge in [-0.15, -0.1) is 0 Å². The van der Waals surface area contributed by atoms with Crippen LogP contribution >= 0.6 is 0 Å². The van der Waals surface area contributed by atoms with Crippen molar-refractivity contribution in [3.63, 3.8) is 0 Å². The standard InChI is InChI=1S/C17H25NO3/c1-12(17(2,3)4)10-15(19)18-11-14(16(20)21)13-8-6-5-7-9-13/h5-9,12,14H,10-11H2,1-4H3,(H,18,19)(H,20,21). The van der Waals surface area contributed by atoms with E-state index in [1.165, 1.54) is 0 Å². The zero-order chi connectivity index (χ0) is 16.0. The van der Waals surface area contributed by atoms with E-state index in [-0.39, 0.29) is 23.8 Å². The molecule has 2 atom stereocenters. The van der Waals surface area contributed by atoms with Crippen molar-refractivity contribution in [3.05, 3.63) is 35.9 Å². The number of aliphatic carboxylic acids is 1. The number of carbonyl (C=O) groups is 2. The van der Waals surface area contributed by atoms with Gasteiger partial charge in [-0.25, -0.2) is 0 Å². The van der Waals surface area contributed by atoms with Gasteiger partial charge in [0.05, 0.1) is 5.92 Å². The summed E-state index contributed by atoms with van der Waals surface area (Å²) in [6.07, 6.45) is 0.407. The third-order valence-corrected chi connectivity index (χ3v) is 3.97. The van der Waals surface area contributed by atoms with E-state index in [2.05, 4.69) is 26.1 Å². The molecule has 1 rings (SSSR count). The summed E-state index contributed by atoms with van der Waals surface area (Å²) in [5.41, 5.74) is 0.761. The van der Waals surface area contributed by atoms with E-state index in [9.17, 15) is 14.7 Å². The molecule has 0 heterocycles. The van der Waals surface area contributed by atoms with E-state index in [0.29, 0.717) is 12.0 Å². The van der Waals surface area contributed by atoms with Gasteiger partial charge in [0.25, 0.3) is 0 Å². The van der Waals surface area contributed by atoms with Crippen molar-refractivity contribution < 1.29 is 14.7 Å². The quantitative estimate of drug-likeness (QED) is 0.846. The highest BCUT2D eigenvalue weighted by molar-refractivity contribution is 5.79. The highest BCUT2D eigenvalue weighted by atomic mass is 16.4. The van der Waals surface area contributed by atoms with Crippen molar-refractivity contribution in [3.8, 4) is 0 Å². The first-order valence-electron chi connectivity index (χ1n) is 7.26. The smallest absolute Gasteiger partial charge is 0.312 e. The highest BCUT2D eigenvalue weighted by Crippen LogP contribution is 2.27. The maximum Gasteiger partial charge on any atom is 0.312 e. The Bertz CT molecular complexity index is 477. The van der Waals surface area contributed by atoms with E-state index >= 15 is 0 Å². The average Bonchev–Trinajstić information content (AvgIpc) is 2.38. The van der Waals surface area contributed by atoms with Crippen molar-refractivity contribution in [1.29, 1.82) is 0 Å². The number of carboxylic acid groups (broad SMARTS) is 1. The molecule has 2 unspecified atom stereocenters. The second kappa shape index (κ2) is 7.25. The number of hydrogen-bond acceptors (Lipinski definition) is 2. The lowest BCUT2D eigenvalue weighted by molar-refractivity contribution is -0.138. The molecule has 0 spiro atoms. The minimum absolute atomic E-state index is 0.0585. The number of hydrogen-bond donors (Lipinski definition) is 2. The van der Waals surface area contributed by atoms with E-state index in [0.717, 1.165) is 0 Å². The van der Waals surface area contributed by atoms with Crippen molar-refractivity contribution in [2.45, 2.75) is 40.0 Å². The average molecular weight is 291 g/mol. The van der Waals surface area contributed by atoms with Gasteiger partial charge in [-0.3, -0.25) is 9.59 Å². The van der Waals surface area contributed by atoms with Crippen molar-refractivity contribution in [1.82, 2.24) is 5.32 Å². The molecule has 0 aliphatic rings. The first kappa shape index (κ1) is 17.2. The second-order valence-electron chi connectivity index (χ2n) is 6.58. The first-order chi connectivity index (χ1) is 9.71. The summed E-state index contributed by atoms with van der Waals surface area (Å²) in [6.45, 7) is 8.43. The molecule has 0 aliphatic heterocycles. The van der Waals surface area contributed by atoms with Gasteiger partial charge in [-0.05, 0) is 16.9 Å². The minimum atomic E-state index is -0.926. The van der Waals surface area contributed by atoms with Gasteiger partial charge in [0, 0.05) is 13.0 Å². The summed E-state index contributed by atoms with van der Waals surface area (Å²) in [5.74, 6) is -1.50. The summed E-state index contributed by atoms with van der Waals surface area (Å²) in [7, 11) is 0. The minimum Gasteiger partial charge on any atom is -0.481 e. The number of benzene rings is 1. The summed E-state index contributed by atoms with van der Waals surface area (Å²) in [5, 5.41) is 12.0. The predicted octanol–water partition coefficient (Wildman–Crippen LogP) is 3.04. The van der Waals surface area contributed by atoms with E-state index < -0.39 is 11.9 Å². The second-order valence-corrected chi connectivity index (χ2v) is 6.58. The maximum absolute atomic E-state index is 12.0. The molecule has 0 aliphatic carbocycles.